The summed E-state index contributed by atoms with van der Waals surface area (Å²) < 4.78 is 49.2. The molecule has 2 saturated heterocycles. The molecular formula is C25H32FN3O4S. The Balaban J connectivity index is 1.59. The molecule has 2 aliphatic rings. The summed E-state index contributed by atoms with van der Waals surface area (Å²) in [6.45, 7) is 2.80. The summed E-state index contributed by atoms with van der Waals surface area (Å²) in [4.78, 5) is 11.4. The van der Waals surface area contributed by atoms with E-state index in [9.17, 15) is 13.2 Å². The molecule has 0 aromatic heterocycles. The number of hydrogen-bond donors (Lipinski definition) is 2. The van der Waals surface area contributed by atoms with Gasteiger partial charge in [-0.2, -0.15) is 4.31 Å². The second-order valence-corrected chi connectivity index (χ2v) is 11.3. The Hall–Kier alpha value is -2.33. The second-order valence-electron chi connectivity index (χ2n) is 9.24. The Bertz CT molecular complexity index is 1120. The minimum absolute atomic E-state index is 0.0201. The van der Waals surface area contributed by atoms with Gasteiger partial charge in [-0.1, -0.05) is 42.5 Å². The van der Waals surface area contributed by atoms with Gasteiger partial charge in [-0.05, 0) is 49.8 Å². The van der Waals surface area contributed by atoms with Crippen molar-refractivity contribution in [3.63, 3.8) is 0 Å². The van der Waals surface area contributed by atoms with Gasteiger partial charge in [-0.15, -0.1) is 0 Å². The highest BCUT2D eigenvalue weighted by Gasteiger charge is 2.41. The fourth-order valence-corrected chi connectivity index (χ4v) is 7.22. The largest absolute Gasteiger partial charge is 0.381 e. The minimum Gasteiger partial charge on any atom is -0.381 e. The zero-order valence-electron chi connectivity index (χ0n) is 19.4. The number of nitrogens with zero attached hydrogens (tertiary/aromatic N) is 1. The highest BCUT2D eigenvalue weighted by atomic mass is 32.2. The van der Waals surface area contributed by atoms with Crippen LogP contribution in [-0.2, 0) is 31.6 Å². The number of sulfonamides is 1. The summed E-state index contributed by atoms with van der Waals surface area (Å²) in [5.74, 6) is -0.950. The van der Waals surface area contributed by atoms with Crippen LogP contribution in [0.1, 0.15) is 54.5 Å². The van der Waals surface area contributed by atoms with Crippen molar-refractivity contribution in [3.8, 4) is 0 Å². The molecule has 0 radical (unpaired) electrons. The standard InChI is InChI=1S/C25H32FN3O4S/c1-18-7-10-23(19-5-3-2-4-6-19)34(31,32)29(18)17-20-8-9-21(15-22(20)26)25(28-16-24(27)30)11-13-33-14-12-25/h2-6,8-9,15,18,23,28H,7,10-14,16-17H2,1H3,(H2,27,30)/t18-,23+/m0/s1. The number of benzene rings is 2. The summed E-state index contributed by atoms with van der Waals surface area (Å²) in [7, 11) is -3.66. The molecule has 9 heteroatoms. The van der Waals surface area contributed by atoms with E-state index < -0.39 is 32.5 Å². The lowest BCUT2D eigenvalue weighted by Crippen LogP contribution is -2.49. The van der Waals surface area contributed by atoms with Crippen LogP contribution in [0.2, 0.25) is 0 Å². The molecule has 3 N–H and O–H groups in total. The third-order valence-corrected chi connectivity index (χ3v) is 9.44. The summed E-state index contributed by atoms with van der Waals surface area (Å²) >= 11 is 0. The molecule has 0 unspecified atom stereocenters. The van der Waals surface area contributed by atoms with Crippen molar-refractivity contribution in [2.45, 2.75) is 56.0 Å². The number of carbonyl (C=O) groups excluding carboxylic acids is 1. The number of amides is 1. The van der Waals surface area contributed by atoms with Crippen LogP contribution in [0.4, 0.5) is 4.39 Å². The molecule has 2 aliphatic heterocycles. The topological polar surface area (TPSA) is 102 Å². The number of rotatable bonds is 7. The van der Waals surface area contributed by atoms with Crippen LogP contribution in [0.5, 0.6) is 0 Å². The minimum atomic E-state index is -3.66. The quantitative estimate of drug-likeness (QED) is 0.623. The van der Waals surface area contributed by atoms with Gasteiger partial charge in [-0.25, -0.2) is 12.8 Å². The van der Waals surface area contributed by atoms with Gasteiger partial charge in [0.1, 0.15) is 11.1 Å². The average molecular weight is 490 g/mol. The van der Waals surface area contributed by atoms with Crippen molar-refractivity contribution in [2.24, 2.45) is 5.73 Å². The molecule has 184 valence electrons. The van der Waals surface area contributed by atoms with E-state index in [1.54, 1.807) is 6.07 Å². The lowest BCUT2D eigenvalue weighted by molar-refractivity contribution is -0.117. The number of carbonyl (C=O) groups is 1. The number of primary amides is 1. The lowest BCUT2D eigenvalue weighted by atomic mass is 9.82. The maximum absolute atomic E-state index is 15.4. The van der Waals surface area contributed by atoms with Crippen LogP contribution in [0.3, 0.4) is 0 Å². The fraction of sp³-hybridized carbons (Fsp3) is 0.480. The van der Waals surface area contributed by atoms with Crippen LogP contribution in [-0.4, -0.2) is 44.4 Å². The number of halogens is 1. The van der Waals surface area contributed by atoms with Gasteiger partial charge in [0.2, 0.25) is 15.9 Å². The van der Waals surface area contributed by atoms with E-state index in [-0.39, 0.29) is 19.1 Å². The number of ether oxygens (including phenoxy) is 1. The van der Waals surface area contributed by atoms with Crippen LogP contribution < -0.4 is 11.1 Å². The van der Waals surface area contributed by atoms with E-state index in [4.69, 9.17) is 10.5 Å². The first-order valence-corrected chi connectivity index (χ1v) is 13.2. The Morgan fingerprint density at radius 1 is 1.18 bits per heavy atom. The highest BCUT2D eigenvalue weighted by Crippen LogP contribution is 2.39. The highest BCUT2D eigenvalue weighted by molar-refractivity contribution is 7.89. The van der Waals surface area contributed by atoms with Crippen molar-refractivity contribution in [1.82, 2.24) is 9.62 Å². The van der Waals surface area contributed by atoms with Gasteiger partial charge in [-0.3, -0.25) is 10.1 Å². The summed E-state index contributed by atoms with van der Waals surface area (Å²) in [6, 6.07) is 13.9. The Kier molecular flexibility index (Phi) is 7.37. The third-order valence-electron chi connectivity index (χ3n) is 7.08. The number of hydrogen-bond acceptors (Lipinski definition) is 5. The molecule has 1 amide bonds. The van der Waals surface area contributed by atoms with E-state index in [1.165, 1.54) is 10.4 Å². The van der Waals surface area contributed by atoms with Gasteiger partial charge < -0.3 is 10.5 Å². The van der Waals surface area contributed by atoms with Crippen LogP contribution in [0.25, 0.3) is 0 Å². The van der Waals surface area contributed by atoms with Crippen LogP contribution in [0.15, 0.2) is 48.5 Å². The summed E-state index contributed by atoms with van der Waals surface area (Å²) in [5.41, 5.74) is 6.50. The smallest absolute Gasteiger partial charge is 0.231 e. The van der Waals surface area contributed by atoms with Crippen molar-refractivity contribution in [1.29, 1.82) is 0 Å². The van der Waals surface area contributed by atoms with Crippen LogP contribution >= 0.6 is 0 Å². The molecule has 2 aromatic carbocycles. The van der Waals surface area contributed by atoms with Crippen molar-refractivity contribution in [3.05, 3.63) is 71.0 Å². The molecule has 0 aliphatic carbocycles. The Labute approximate surface area is 200 Å². The third kappa shape index (κ3) is 5.02. The first-order valence-electron chi connectivity index (χ1n) is 11.7. The predicted molar refractivity (Wildman–Crippen MR) is 128 cm³/mol. The summed E-state index contributed by atoms with van der Waals surface area (Å²) in [6.07, 6.45) is 2.41. The van der Waals surface area contributed by atoms with Gasteiger partial charge in [0.25, 0.3) is 0 Å². The van der Waals surface area contributed by atoms with Gasteiger partial charge >= 0.3 is 0 Å². The maximum Gasteiger partial charge on any atom is 0.231 e. The molecule has 2 atom stereocenters. The summed E-state index contributed by atoms with van der Waals surface area (Å²) in [5, 5.41) is 2.57. The lowest BCUT2D eigenvalue weighted by Gasteiger charge is -2.39. The van der Waals surface area contributed by atoms with E-state index in [0.717, 1.165) is 5.56 Å². The van der Waals surface area contributed by atoms with E-state index in [2.05, 4.69) is 5.32 Å². The molecule has 2 aromatic rings. The molecule has 0 saturated carbocycles. The van der Waals surface area contributed by atoms with Crippen LogP contribution in [0, 0.1) is 5.82 Å². The molecule has 7 nitrogen and oxygen atoms in total. The van der Waals surface area contributed by atoms with Crippen molar-refractivity contribution in [2.75, 3.05) is 19.8 Å². The molecule has 2 fully saturated rings. The SMILES string of the molecule is C[C@H]1CC[C@H](c2ccccc2)S(=O)(=O)N1Cc1ccc(C2(NCC(N)=O)CCOCC2)cc1F. The Morgan fingerprint density at radius 3 is 2.53 bits per heavy atom. The zero-order chi connectivity index (χ0) is 24.3. The zero-order valence-corrected chi connectivity index (χ0v) is 20.2. The van der Waals surface area contributed by atoms with Gasteiger partial charge in [0, 0.05) is 36.9 Å². The fourth-order valence-electron chi connectivity index (χ4n) is 5.04. The Morgan fingerprint density at radius 2 is 1.88 bits per heavy atom. The van der Waals surface area contributed by atoms with E-state index in [1.807, 2.05) is 43.3 Å². The molecule has 0 spiro atoms. The molecular weight excluding hydrogens is 457 g/mol. The van der Waals surface area contributed by atoms with Crippen molar-refractivity contribution < 1.29 is 22.3 Å². The molecule has 2 heterocycles. The monoisotopic (exact) mass is 489 g/mol. The maximum atomic E-state index is 15.4. The van der Waals surface area contributed by atoms with Crippen molar-refractivity contribution >= 4 is 15.9 Å². The number of nitrogens with two attached hydrogens (primary N) is 1. The van der Waals surface area contributed by atoms with E-state index >= 15 is 4.39 Å². The molecule has 4 rings (SSSR count). The first-order chi connectivity index (χ1) is 16.2. The van der Waals surface area contributed by atoms with Gasteiger partial charge in [0.15, 0.2) is 0 Å². The average Bonchev–Trinajstić information content (AvgIpc) is 2.82. The normalized spacial score (nSPS) is 24.5. The number of nitrogens with one attached hydrogen (secondary N) is 1. The first kappa shape index (κ1) is 24.8. The van der Waals surface area contributed by atoms with E-state index in [0.29, 0.717) is 50.0 Å². The predicted octanol–water partition coefficient (Wildman–Crippen LogP) is 2.96. The van der Waals surface area contributed by atoms with Gasteiger partial charge in [0.05, 0.1) is 6.54 Å². The molecule has 0 bridgehead atoms. The second kappa shape index (κ2) is 10.1. The molecule has 34 heavy (non-hydrogen) atoms.